The first kappa shape index (κ1) is 16.7. The molecule has 5 nitrogen and oxygen atoms in total. The van der Waals surface area contributed by atoms with Gasteiger partial charge in [0.1, 0.15) is 5.75 Å². The average molecular weight is 378 g/mol. The maximum absolute atomic E-state index is 12.8. The number of methoxy groups -OCH3 is 2. The van der Waals surface area contributed by atoms with Gasteiger partial charge in [-0.05, 0) is 53.9 Å². The molecule has 0 saturated carbocycles. The Hall–Kier alpha value is -0.630. The van der Waals surface area contributed by atoms with Gasteiger partial charge in [0.25, 0.3) is 0 Å². The van der Waals surface area contributed by atoms with E-state index >= 15 is 0 Å². The van der Waals surface area contributed by atoms with Crippen molar-refractivity contribution in [3.8, 4) is 5.75 Å². The SMILES string of the molecule is COc1ccc(S(=O)(=O)N2CCCC(C)(OC)C2)cc1Br. The third-order valence-electron chi connectivity index (χ3n) is 3.88. The molecule has 1 fully saturated rings. The van der Waals surface area contributed by atoms with Gasteiger partial charge in [0, 0.05) is 20.2 Å². The van der Waals surface area contributed by atoms with E-state index in [1.54, 1.807) is 32.4 Å². The van der Waals surface area contributed by atoms with Gasteiger partial charge in [-0.1, -0.05) is 0 Å². The van der Waals surface area contributed by atoms with Crippen LogP contribution in [0.4, 0.5) is 0 Å². The third kappa shape index (κ3) is 3.41. The van der Waals surface area contributed by atoms with Gasteiger partial charge in [-0.2, -0.15) is 4.31 Å². The Labute approximate surface area is 134 Å². The largest absolute Gasteiger partial charge is 0.496 e. The predicted molar refractivity (Wildman–Crippen MR) is 84.1 cm³/mol. The molecule has 0 radical (unpaired) electrons. The molecule has 0 N–H and O–H groups in total. The Morgan fingerprint density at radius 1 is 1.33 bits per heavy atom. The van der Waals surface area contributed by atoms with Crippen molar-refractivity contribution < 1.29 is 17.9 Å². The van der Waals surface area contributed by atoms with Gasteiger partial charge in [-0.15, -0.1) is 0 Å². The van der Waals surface area contributed by atoms with Crippen LogP contribution in [0.5, 0.6) is 5.75 Å². The molecule has 1 atom stereocenters. The molecule has 1 heterocycles. The van der Waals surface area contributed by atoms with E-state index in [-0.39, 0.29) is 4.90 Å². The highest BCUT2D eigenvalue weighted by Crippen LogP contribution is 2.32. The first-order chi connectivity index (χ1) is 9.82. The first-order valence-corrected chi connectivity index (χ1v) is 8.94. The minimum atomic E-state index is -3.52. The molecule has 0 spiro atoms. The number of sulfonamides is 1. The monoisotopic (exact) mass is 377 g/mol. The van der Waals surface area contributed by atoms with Crippen LogP contribution in [-0.2, 0) is 14.8 Å². The lowest BCUT2D eigenvalue weighted by atomic mass is 9.96. The summed E-state index contributed by atoms with van der Waals surface area (Å²) >= 11 is 3.33. The second-order valence-electron chi connectivity index (χ2n) is 5.39. The normalized spacial score (nSPS) is 24.0. The number of piperidine rings is 1. The van der Waals surface area contributed by atoms with Crippen LogP contribution in [0.15, 0.2) is 27.6 Å². The van der Waals surface area contributed by atoms with Crippen LogP contribution < -0.4 is 4.74 Å². The molecule has 1 aromatic rings. The van der Waals surface area contributed by atoms with Crippen molar-refractivity contribution in [2.24, 2.45) is 0 Å². The smallest absolute Gasteiger partial charge is 0.243 e. The number of nitrogens with zero attached hydrogens (tertiary/aromatic N) is 1. The zero-order chi connectivity index (χ0) is 15.7. The molecule has 21 heavy (non-hydrogen) atoms. The highest BCUT2D eigenvalue weighted by atomic mass is 79.9. The van der Waals surface area contributed by atoms with Crippen LogP contribution in [0.2, 0.25) is 0 Å². The standard InChI is InChI=1S/C14H20BrNO4S/c1-14(20-3)7-4-8-16(10-14)21(17,18)11-5-6-13(19-2)12(15)9-11/h5-6,9H,4,7-8,10H2,1-3H3. The van der Waals surface area contributed by atoms with E-state index in [4.69, 9.17) is 9.47 Å². The van der Waals surface area contributed by atoms with E-state index in [0.717, 1.165) is 12.8 Å². The fourth-order valence-corrected chi connectivity index (χ4v) is 4.80. The van der Waals surface area contributed by atoms with Gasteiger partial charge >= 0.3 is 0 Å². The molecule has 2 rings (SSSR count). The van der Waals surface area contributed by atoms with E-state index in [1.165, 1.54) is 4.31 Å². The number of hydrogen-bond donors (Lipinski definition) is 0. The van der Waals surface area contributed by atoms with E-state index in [0.29, 0.717) is 23.3 Å². The van der Waals surface area contributed by atoms with Crippen molar-refractivity contribution in [2.75, 3.05) is 27.3 Å². The molecular weight excluding hydrogens is 358 g/mol. The molecule has 0 aromatic heterocycles. The van der Waals surface area contributed by atoms with Gasteiger partial charge in [0.05, 0.1) is 22.1 Å². The van der Waals surface area contributed by atoms with Crippen molar-refractivity contribution in [2.45, 2.75) is 30.3 Å². The van der Waals surface area contributed by atoms with Gasteiger partial charge in [-0.3, -0.25) is 0 Å². The highest BCUT2D eigenvalue weighted by Gasteiger charge is 2.37. The van der Waals surface area contributed by atoms with Crippen LogP contribution in [0.3, 0.4) is 0 Å². The molecule has 1 unspecified atom stereocenters. The fraction of sp³-hybridized carbons (Fsp3) is 0.571. The van der Waals surface area contributed by atoms with Crippen LogP contribution in [-0.4, -0.2) is 45.6 Å². The minimum absolute atomic E-state index is 0.260. The van der Waals surface area contributed by atoms with E-state index < -0.39 is 15.6 Å². The average Bonchev–Trinajstić information content (AvgIpc) is 2.47. The lowest BCUT2D eigenvalue weighted by Gasteiger charge is -2.38. The number of ether oxygens (including phenoxy) is 2. The summed E-state index contributed by atoms with van der Waals surface area (Å²) < 4.78 is 38.2. The molecule has 1 saturated heterocycles. The van der Waals surface area contributed by atoms with Crippen molar-refractivity contribution in [1.82, 2.24) is 4.31 Å². The van der Waals surface area contributed by atoms with Crippen LogP contribution in [0.1, 0.15) is 19.8 Å². The van der Waals surface area contributed by atoms with Crippen LogP contribution in [0.25, 0.3) is 0 Å². The van der Waals surface area contributed by atoms with Crippen molar-refractivity contribution in [3.05, 3.63) is 22.7 Å². The van der Waals surface area contributed by atoms with Crippen LogP contribution >= 0.6 is 15.9 Å². The quantitative estimate of drug-likeness (QED) is 0.809. The third-order valence-corrected chi connectivity index (χ3v) is 6.34. The van der Waals surface area contributed by atoms with E-state index in [9.17, 15) is 8.42 Å². The Bertz CT molecular complexity index is 619. The van der Waals surface area contributed by atoms with Crippen LogP contribution in [0, 0.1) is 0 Å². The molecule has 0 amide bonds. The minimum Gasteiger partial charge on any atom is -0.496 e. The molecule has 1 aromatic carbocycles. The van der Waals surface area contributed by atoms with E-state index in [1.807, 2.05) is 6.92 Å². The van der Waals surface area contributed by atoms with Gasteiger partial charge < -0.3 is 9.47 Å². The van der Waals surface area contributed by atoms with Crippen molar-refractivity contribution in [3.63, 3.8) is 0 Å². The summed E-state index contributed by atoms with van der Waals surface area (Å²) in [6, 6.07) is 4.79. The number of halogens is 1. The zero-order valence-corrected chi connectivity index (χ0v) is 14.8. The predicted octanol–water partition coefficient (Wildman–Crippen LogP) is 2.65. The maximum atomic E-state index is 12.8. The Balaban J connectivity index is 2.31. The summed E-state index contributed by atoms with van der Waals surface area (Å²) in [5.74, 6) is 0.606. The Morgan fingerprint density at radius 3 is 2.62 bits per heavy atom. The molecule has 0 bridgehead atoms. The molecule has 118 valence electrons. The summed E-state index contributed by atoms with van der Waals surface area (Å²) in [6.45, 7) is 2.83. The van der Waals surface area contributed by atoms with E-state index in [2.05, 4.69) is 15.9 Å². The summed E-state index contributed by atoms with van der Waals surface area (Å²) in [4.78, 5) is 0.260. The maximum Gasteiger partial charge on any atom is 0.243 e. The molecular formula is C14H20BrNO4S. The number of rotatable bonds is 4. The summed E-state index contributed by atoms with van der Waals surface area (Å²) in [5.41, 5.74) is -0.422. The summed E-state index contributed by atoms with van der Waals surface area (Å²) in [6.07, 6.45) is 1.66. The molecule has 1 aliphatic heterocycles. The fourth-order valence-electron chi connectivity index (χ4n) is 2.49. The first-order valence-electron chi connectivity index (χ1n) is 6.71. The highest BCUT2D eigenvalue weighted by molar-refractivity contribution is 9.10. The van der Waals surface area contributed by atoms with Gasteiger partial charge in [0.2, 0.25) is 10.0 Å². The Morgan fingerprint density at radius 2 is 2.05 bits per heavy atom. The lowest BCUT2D eigenvalue weighted by molar-refractivity contribution is -0.0319. The second kappa shape index (κ2) is 6.24. The number of hydrogen-bond acceptors (Lipinski definition) is 4. The zero-order valence-electron chi connectivity index (χ0n) is 12.4. The molecule has 7 heteroatoms. The van der Waals surface area contributed by atoms with Gasteiger partial charge in [-0.25, -0.2) is 8.42 Å². The second-order valence-corrected chi connectivity index (χ2v) is 8.18. The lowest BCUT2D eigenvalue weighted by Crippen LogP contribution is -2.49. The summed E-state index contributed by atoms with van der Waals surface area (Å²) in [7, 11) is -0.353. The van der Waals surface area contributed by atoms with Gasteiger partial charge in [0.15, 0.2) is 0 Å². The summed E-state index contributed by atoms with van der Waals surface area (Å²) in [5, 5.41) is 0. The number of benzene rings is 1. The molecule has 1 aliphatic rings. The van der Waals surface area contributed by atoms with Crippen molar-refractivity contribution in [1.29, 1.82) is 0 Å². The Kier molecular flexibility index (Phi) is 4.97. The molecule has 0 aliphatic carbocycles. The van der Waals surface area contributed by atoms with Crippen molar-refractivity contribution >= 4 is 26.0 Å². The topological polar surface area (TPSA) is 55.8 Å².